The SMILES string of the molecule is CN1CCc2c(sc(NC(=O)c3cc(C(F)(F)F)cc(C(F)(F)F)c3)c2-c2nc3ccccc3s2)C1. The normalized spacial score (nSPS) is 14.8. The van der Waals surface area contributed by atoms with Crippen LogP contribution < -0.4 is 5.32 Å². The summed E-state index contributed by atoms with van der Waals surface area (Å²) in [7, 11) is 1.94. The van der Waals surface area contributed by atoms with Gasteiger partial charge in [0, 0.05) is 29.1 Å². The van der Waals surface area contributed by atoms with Gasteiger partial charge in [-0.1, -0.05) is 12.1 Å². The van der Waals surface area contributed by atoms with Crippen molar-refractivity contribution in [1.29, 1.82) is 0 Å². The largest absolute Gasteiger partial charge is 0.416 e. The highest BCUT2D eigenvalue weighted by Gasteiger charge is 2.38. The number of halogens is 6. The number of nitrogens with zero attached hydrogens (tertiary/aromatic N) is 2. The average Bonchev–Trinajstić information content (AvgIpc) is 3.37. The number of benzene rings is 2. The zero-order valence-electron chi connectivity index (χ0n) is 18.5. The monoisotopic (exact) mass is 541 g/mol. The van der Waals surface area contributed by atoms with Gasteiger partial charge in [0.1, 0.15) is 10.0 Å². The molecule has 0 saturated heterocycles. The molecule has 0 fully saturated rings. The number of para-hydroxylation sites is 1. The number of carbonyl (C=O) groups excluding carboxylic acids is 1. The van der Waals surface area contributed by atoms with Gasteiger partial charge in [-0.25, -0.2) is 4.98 Å². The number of carbonyl (C=O) groups is 1. The number of rotatable bonds is 3. The van der Waals surface area contributed by atoms with Crippen LogP contribution in [0.25, 0.3) is 20.8 Å². The number of thiazole rings is 1. The summed E-state index contributed by atoms with van der Waals surface area (Å²) in [5.41, 5.74) is -1.40. The molecule has 0 radical (unpaired) electrons. The summed E-state index contributed by atoms with van der Waals surface area (Å²) in [6.45, 7) is 1.37. The molecule has 2 aromatic heterocycles. The smallest absolute Gasteiger partial charge is 0.313 e. The van der Waals surface area contributed by atoms with Crippen molar-refractivity contribution in [2.24, 2.45) is 0 Å². The molecule has 1 amide bonds. The van der Waals surface area contributed by atoms with E-state index >= 15 is 0 Å². The number of amides is 1. The third-order valence-corrected chi connectivity index (χ3v) is 8.02. The van der Waals surface area contributed by atoms with Crippen molar-refractivity contribution in [2.75, 3.05) is 18.9 Å². The Kier molecular flexibility index (Phi) is 6.08. The Hall–Kier alpha value is -2.96. The van der Waals surface area contributed by atoms with Crippen LogP contribution in [0.3, 0.4) is 0 Å². The second kappa shape index (κ2) is 8.86. The van der Waals surface area contributed by atoms with Gasteiger partial charge in [0.2, 0.25) is 0 Å². The fourth-order valence-electron chi connectivity index (χ4n) is 4.09. The number of likely N-dealkylation sites (N-methyl/N-ethyl adjacent to an activating group) is 1. The number of fused-ring (bicyclic) bond motifs is 2. The van der Waals surface area contributed by atoms with Crippen molar-refractivity contribution in [1.82, 2.24) is 9.88 Å². The Morgan fingerprint density at radius 3 is 2.31 bits per heavy atom. The van der Waals surface area contributed by atoms with Gasteiger partial charge in [0.05, 0.1) is 21.3 Å². The van der Waals surface area contributed by atoms with E-state index in [1.165, 1.54) is 22.7 Å². The van der Waals surface area contributed by atoms with Crippen LogP contribution in [0.5, 0.6) is 0 Å². The lowest BCUT2D eigenvalue weighted by Crippen LogP contribution is -2.25. The molecule has 4 nitrogen and oxygen atoms in total. The predicted molar refractivity (Wildman–Crippen MR) is 127 cm³/mol. The summed E-state index contributed by atoms with van der Waals surface area (Å²) < 4.78 is 80.7. The number of alkyl halides is 6. The number of anilines is 1. The fraction of sp³-hybridized carbons (Fsp3) is 0.250. The molecule has 0 atom stereocenters. The van der Waals surface area contributed by atoms with Gasteiger partial charge in [-0.15, -0.1) is 22.7 Å². The molecule has 0 saturated carbocycles. The predicted octanol–water partition coefficient (Wildman–Crippen LogP) is 7.30. The summed E-state index contributed by atoms with van der Waals surface area (Å²) >= 11 is 2.67. The van der Waals surface area contributed by atoms with Crippen molar-refractivity contribution in [3.05, 3.63) is 69.6 Å². The highest BCUT2D eigenvalue weighted by molar-refractivity contribution is 7.23. The lowest BCUT2D eigenvalue weighted by Gasteiger charge is -2.22. The van der Waals surface area contributed by atoms with Gasteiger partial charge < -0.3 is 10.2 Å². The molecule has 0 bridgehead atoms. The summed E-state index contributed by atoms with van der Waals surface area (Å²) in [5, 5.41) is 3.58. The molecule has 12 heteroatoms. The third-order valence-electron chi connectivity index (χ3n) is 5.83. The van der Waals surface area contributed by atoms with Crippen molar-refractivity contribution in [3.63, 3.8) is 0 Å². The van der Waals surface area contributed by atoms with Crippen molar-refractivity contribution < 1.29 is 31.1 Å². The van der Waals surface area contributed by atoms with E-state index in [0.29, 0.717) is 40.7 Å². The van der Waals surface area contributed by atoms with E-state index in [4.69, 9.17) is 0 Å². The zero-order chi connectivity index (χ0) is 25.8. The first-order chi connectivity index (χ1) is 16.9. The fourth-order valence-corrected chi connectivity index (χ4v) is 6.52. The molecule has 0 aliphatic carbocycles. The highest BCUT2D eigenvalue weighted by Crippen LogP contribution is 2.46. The molecule has 5 rings (SSSR count). The molecule has 1 N–H and O–H groups in total. The zero-order valence-corrected chi connectivity index (χ0v) is 20.2. The van der Waals surface area contributed by atoms with E-state index < -0.39 is 35.0 Å². The van der Waals surface area contributed by atoms with Crippen LogP contribution >= 0.6 is 22.7 Å². The lowest BCUT2D eigenvalue weighted by molar-refractivity contribution is -0.143. The number of aromatic nitrogens is 1. The number of hydrogen-bond donors (Lipinski definition) is 1. The maximum atomic E-state index is 13.3. The molecule has 1 aliphatic heterocycles. The third kappa shape index (κ3) is 4.72. The van der Waals surface area contributed by atoms with E-state index in [0.717, 1.165) is 27.2 Å². The average molecular weight is 542 g/mol. The molecule has 0 unspecified atom stereocenters. The molecule has 2 aromatic carbocycles. The van der Waals surface area contributed by atoms with Crippen LogP contribution in [0.15, 0.2) is 42.5 Å². The Bertz CT molecular complexity index is 1410. The van der Waals surface area contributed by atoms with Gasteiger partial charge in [-0.3, -0.25) is 4.79 Å². The first-order valence-electron chi connectivity index (χ1n) is 10.7. The quantitative estimate of drug-likeness (QED) is 0.277. The van der Waals surface area contributed by atoms with Crippen LogP contribution in [0.2, 0.25) is 0 Å². The topological polar surface area (TPSA) is 45.2 Å². The van der Waals surface area contributed by atoms with Crippen molar-refractivity contribution in [3.8, 4) is 10.6 Å². The van der Waals surface area contributed by atoms with Crippen LogP contribution in [0.4, 0.5) is 31.3 Å². The van der Waals surface area contributed by atoms with Crippen LogP contribution in [-0.4, -0.2) is 29.4 Å². The van der Waals surface area contributed by atoms with Crippen LogP contribution in [-0.2, 0) is 25.3 Å². The summed E-state index contributed by atoms with van der Waals surface area (Å²) in [4.78, 5) is 20.8. The van der Waals surface area contributed by atoms with Crippen LogP contribution in [0, 0.1) is 0 Å². The van der Waals surface area contributed by atoms with E-state index in [-0.39, 0.29) is 6.07 Å². The molecule has 36 heavy (non-hydrogen) atoms. The highest BCUT2D eigenvalue weighted by atomic mass is 32.1. The minimum Gasteiger partial charge on any atom is -0.313 e. The van der Waals surface area contributed by atoms with Gasteiger partial charge >= 0.3 is 12.4 Å². The maximum absolute atomic E-state index is 13.3. The Morgan fingerprint density at radius 2 is 1.67 bits per heavy atom. The van der Waals surface area contributed by atoms with Gasteiger partial charge in [-0.2, -0.15) is 26.3 Å². The van der Waals surface area contributed by atoms with Gasteiger partial charge in [0.15, 0.2) is 0 Å². The number of hydrogen-bond acceptors (Lipinski definition) is 5. The van der Waals surface area contributed by atoms with E-state index in [1.807, 2.05) is 31.3 Å². The van der Waals surface area contributed by atoms with Crippen LogP contribution in [0.1, 0.15) is 31.9 Å². The summed E-state index contributed by atoms with van der Waals surface area (Å²) in [5.74, 6) is -1.05. The number of thiophene rings is 1. The maximum Gasteiger partial charge on any atom is 0.416 e. The first kappa shape index (κ1) is 24.7. The molecule has 1 aliphatic rings. The van der Waals surface area contributed by atoms with E-state index in [1.54, 1.807) is 0 Å². The van der Waals surface area contributed by atoms with Gasteiger partial charge in [0.25, 0.3) is 5.91 Å². The molecular formula is C24H17F6N3OS2. The first-order valence-corrected chi connectivity index (χ1v) is 12.3. The Labute approximate surface area is 209 Å². The minimum absolute atomic E-state index is 0.00299. The van der Waals surface area contributed by atoms with E-state index in [9.17, 15) is 31.1 Å². The molecule has 3 heterocycles. The number of nitrogens with one attached hydrogen (secondary N) is 1. The second-order valence-electron chi connectivity index (χ2n) is 8.43. The van der Waals surface area contributed by atoms with E-state index in [2.05, 4.69) is 15.2 Å². The second-order valence-corrected chi connectivity index (χ2v) is 10.6. The Morgan fingerprint density at radius 1 is 1.00 bits per heavy atom. The van der Waals surface area contributed by atoms with Gasteiger partial charge in [-0.05, 0) is 49.4 Å². The van der Waals surface area contributed by atoms with Crippen molar-refractivity contribution >= 4 is 43.8 Å². The summed E-state index contributed by atoms with van der Waals surface area (Å²) in [6, 6.07) is 8.34. The summed E-state index contributed by atoms with van der Waals surface area (Å²) in [6.07, 6.45) is -9.42. The molecule has 4 aromatic rings. The van der Waals surface area contributed by atoms with Crippen molar-refractivity contribution in [2.45, 2.75) is 25.3 Å². The molecule has 188 valence electrons. The Balaban J connectivity index is 1.59. The molecular weight excluding hydrogens is 524 g/mol. The molecule has 0 spiro atoms. The minimum atomic E-state index is -5.05. The lowest BCUT2D eigenvalue weighted by atomic mass is 10.0. The standard InChI is InChI=1S/C24H17F6N3OS2/c1-33-7-6-15-18(11-33)36-22(19(15)21-31-16-4-2-3-5-17(16)35-21)32-20(34)12-8-13(23(25,26)27)10-14(9-12)24(28,29)30/h2-5,8-10H,6-7,11H2,1H3,(H,32,34).